The van der Waals surface area contributed by atoms with E-state index in [1.54, 1.807) is 0 Å². The van der Waals surface area contributed by atoms with Crippen LogP contribution in [0.2, 0.25) is 0 Å². The van der Waals surface area contributed by atoms with Crippen LogP contribution in [0.15, 0.2) is 30.6 Å². The summed E-state index contributed by atoms with van der Waals surface area (Å²) in [7, 11) is 0. The van der Waals surface area contributed by atoms with Crippen LogP contribution in [0.1, 0.15) is 31.3 Å². The SMILES string of the molecule is CC(C)(C)n1nc(-c2ccc3cc(C=O)[nH]c3c2)c2c(N)ncnc21. The highest BCUT2D eigenvalue weighted by atomic mass is 16.1. The molecule has 0 bridgehead atoms. The number of nitrogens with one attached hydrogen (secondary N) is 1. The molecule has 0 unspecified atom stereocenters. The minimum atomic E-state index is -0.251. The van der Waals surface area contributed by atoms with Crippen molar-refractivity contribution in [3.8, 4) is 11.3 Å². The Morgan fingerprint density at radius 3 is 2.72 bits per heavy atom. The summed E-state index contributed by atoms with van der Waals surface area (Å²) in [5.74, 6) is 0.399. The van der Waals surface area contributed by atoms with Crippen LogP contribution in [0.5, 0.6) is 0 Å². The van der Waals surface area contributed by atoms with Gasteiger partial charge in [-0.25, -0.2) is 14.6 Å². The van der Waals surface area contributed by atoms with Crippen LogP contribution in [0, 0.1) is 0 Å². The molecular formula is C18H18N6O. The molecule has 3 N–H and O–H groups in total. The van der Waals surface area contributed by atoms with Gasteiger partial charge in [-0.3, -0.25) is 4.79 Å². The van der Waals surface area contributed by atoms with Gasteiger partial charge in [0.05, 0.1) is 16.6 Å². The number of H-pyrrole nitrogens is 1. The number of nitrogen functional groups attached to an aromatic ring is 1. The summed E-state index contributed by atoms with van der Waals surface area (Å²) < 4.78 is 1.87. The zero-order valence-corrected chi connectivity index (χ0v) is 14.2. The van der Waals surface area contributed by atoms with E-state index >= 15 is 0 Å². The molecule has 1 aromatic carbocycles. The summed E-state index contributed by atoms with van der Waals surface area (Å²) in [6.07, 6.45) is 2.26. The Balaban J connectivity index is 2.02. The van der Waals surface area contributed by atoms with Gasteiger partial charge in [-0.05, 0) is 32.9 Å². The van der Waals surface area contributed by atoms with E-state index in [4.69, 9.17) is 10.8 Å². The van der Waals surface area contributed by atoms with Crippen LogP contribution >= 0.6 is 0 Å². The number of fused-ring (bicyclic) bond motifs is 2. The van der Waals surface area contributed by atoms with E-state index in [1.807, 2.05) is 28.9 Å². The lowest BCUT2D eigenvalue weighted by molar-refractivity contribution is 0.112. The number of rotatable bonds is 2. The summed E-state index contributed by atoms with van der Waals surface area (Å²) in [5.41, 5.74) is 9.61. The molecule has 3 aromatic heterocycles. The van der Waals surface area contributed by atoms with E-state index in [9.17, 15) is 4.79 Å². The molecule has 0 atom stereocenters. The minimum absolute atomic E-state index is 0.251. The van der Waals surface area contributed by atoms with Gasteiger partial charge in [0.1, 0.15) is 17.8 Å². The van der Waals surface area contributed by atoms with Crippen LogP contribution in [0.25, 0.3) is 33.2 Å². The topological polar surface area (TPSA) is 102 Å². The van der Waals surface area contributed by atoms with Gasteiger partial charge in [0.25, 0.3) is 0 Å². The smallest absolute Gasteiger partial charge is 0.166 e. The number of carbonyl (C=O) groups excluding carboxylic acids is 1. The maximum absolute atomic E-state index is 11.0. The molecule has 7 heteroatoms. The zero-order chi connectivity index (χ0) is 17.8. The number of hydrogen-bond donors (Lipinski definition) is 2. The monoisotopic (exact) mass is 334 g/mol. The highest BCUT2D eigenvalue weighted by Crippen LogP contribution is 2.34. The maximum atomic E-state index is 11.0. The van der Waals surface area contributed by atoms with Crippen molar-refractivity contribution in [3.05, 3.63) is 36.3 Å². The number of nitrogens with zero attached hydrogens (tertiary/aromatic N) is 4. The molecule has 0 saturated carbocycles. The molecule has 126 valence electrons. The van der Waals surface area contributed by atoms with Crippen molar-refractivity contribution in [3.63, 3.8) is 0 Å². The number of aromatic amines is 1. The van der Waals surface area contributed by atoms with Gasteiger partial charge in [-0.2, -0.15) is 5.10 Å². The van der Waals surface area contributed by atoms with Crippen molar-refractivity contribution < 1.29 is 4.79 Å². The van der Waals surface area contributed by atoms with Gasteiger partial charge < -0.3 is 10.7 Å². The summed E-state index contributed by atoms with van der Waals surface area (Å²) in [5, 5.41) is 6.48. The number of carbonyl (C=O) groups is 1. The first kappa shape index (κ1) is 15.3. The molecule has 0 fully saturated rings. The molecule has 0 radical (unpaired) electrons. The molecule has 7 nitrogen and oxygen atoms in total. The Morgan fingerprint density at radius 1 is 1.20 bits per heavy atom. The number of benzene rings is 1. The molecule has 0 aliphatic carbocycles. The molecule has 25 heavy (non-hydrogen) atoms. The summed E-state index contributed by atoms with van der Waals surface area (Å²) in [6.45, 7) is 6.18. The fourth-order valence-electron chi connectivity index (χ4n) is 3.00. The number of aromatic nitrogens is 5. The summed E-state index contributed by atoms with van der Waals surface area (Å²) in [6, 6.07) is 7.70. The highest BCUT2D eigenvalue weighted by Gasteiger charge is 2.24. The van der Waals surface area contributed by atoms with Crippen molar-refractivity contribution in [1.29, 1.82) is 0 Å². The molecule has 0 amide bonds. The van der Waals surface area contributed by atoms with Crippen LogP contribution in [0.3, 0.4) is 0 Å². The van der Waals surface area contributed by atoms with Crippen LogP contribution in [0.4, 0.5) is 5.82 Å². The van der Waals surface area contributed by atoms with Crippen molar-refractivity contribution in [2.24, 2.45) is 0 Å². The lowest BCUT2D eigenvalue weighted by Crippen LogP contribution is -2.23. The molecule has 0 spiro atoms. The number of anilines is 1. The van der Waals surface area contributed by atoms with E-state index < -0.39 is 0 Å². The first-order valence-corrected chi connectivity index (χ1v) is 7.96. The molecule has 4 aromatic rings. The van der Waals surface area contributed by atoms with Gasteiger partial charge in [-0.1, -0.05) is 12.1 Å². The molecule has 0 aliphatic rings. The third kappa shape index (κ3) is 2.36. The summed E-state index contributed by atoms with van der Waals surface area (Å²) in [4.78, 5) is 22.6. The second-order valence-electron chi connectivity index (χ2n) is 7.03. The van der Waals surface area contributed by atoms with Crippen LogP contribution in [-0.2, 0) is 5.54 Å². The largest absolute Gasteiger partial charge is 0.383 e. The Labute approximate surface area is 143 Å². The van der Waals surface area contributed by atoms with Crippen molar-refractivity contribution in [2.75, 3.05) is 5.73 Å². The summed E-state index contributed by atoms with van der Waals surface area (Å²) >= 11 is 0. The molecule has 3 heterocycles. The maximum Gasteiger partial charge on any atom is 0.166 e. The quantitative estimate of drug-likeness (QED) is 0.548. The lowest BCUT2D eigenvalue weighted by atomic mass is 10.1. The van der Waals surface area contributed by atoms with Gasteiger partial charge >= 0.3 is 0 Å². The first-order valence-electron chi connectivity index (χ1n) is 7.96. The predicted molar refractivity (Wildman–Crippen MR) is 97.4 cm³/mol. The Bertz CT molecular complexity index is 1120. The van der Waals surface area contributed by atoms with Crippen molar-refractivity contribution in [2.45, 2.75) is 26.3 Å². The molecule has 4 rings (SSSR count). The number of nitrogens with two attached hydrogens (primary N) is 1. The van der Waals surface area contributed by atoms with Gasteiger partial charge in [0, 0.05) is 16.5 Å². The van der Waals surface area contributed by atoms with E-state index in [2.05, 4.69) is 35.7 Å². The average Bonchev–Trinajstić information content (AvgIpc) is 3.15. The second-order valence-corrected chi connectivity index (χ2v) is 7.03. The van der Waals surface area contributed by atoms with Crippen molar-refractivity contribution >= 4 is 34.0 Å². The molecule has 0 aliphatic heterocycles. The number of hydrogen-bond acceptors (Lipinski definition) is 5. The fourth-order valence-corrected chi connectivity index (χ4v) is 3.00. The standard InChI is InChI=1S/C18H18N6O/c1-18(2,3)24-17-14(16(19)20-9-21-17)15(23-24)11-5-4-10-6-12(8-25)22-13(10)7-11/h4-9,22H,1-3H3,(H2,19,20,21). The van der Waals surface area contributed by atoms with E-state index in [0.717, 1.165) is 33.8 Å². The Kier molecular flexibility index (Phi) is 3.15. The predicted octanol–water partition coefficient (Wildman–Crippen LogP) is 3.12. The zero-order valence-electron chi connectivity index (χ0n) is 14.2. The lowest BCUT2D eigenvalue weighted by Gasteiger charge is -2.19. The fraction of sp³-hybridized carbons (Fsp3) is 0.222. The third-order valence-corrected chi connectivity index (χ3v) is 4.17. The van der Waals surface area contributed by atoms with Gasteiger partial charge in [-0.15, -0.1) is 0 Å². The van der Waals surface area contributed by atoms with Crippen LogP contribution in [-0.4, -0.2) is 31.0 Å². The second kappa shape index (κ2) is 5.14. The minimum Gasteiger partial charge on any atom is -0.383 e. The van der Waals surface area contributed by atoms with Crippen molar-refractivity contribution in [1.82, 2.24) is 24.7 Å². The van der Waals surface area contributed by atoms with E-state index in [0.29, 0.717) is 17.2 Å². The van der Waals surface area contributed by atoms with Gasteiger partial charge in [0.2, 0.25) is 0 Å². The van der Waals surface area contributed by atoms with Gasteiger partial charge in [0.15, 0.2) is 11.9 Å². The normalized spacial score (nSPS) is 12.1. The average molecular weight is 334 g/mol. The van der Waals surface area contributed by atoms with E-state index in [1.165, 1.54) is 6.33 Å². The highest BCUT2D eigenvalue weighted by molar-refractivity contribution is 6.00. The van der Waals surface area contributed by atoms with E-state index in [-0.39, 0.29) is 5.54 Å². The van der Waals surface area contributed by atoms with Crippen LogP contribution < -0.4 is 5.73 Å². The Hall–Kier alpha value is -3.22. The third-order valence-electron chi connectivity index (χ3n) is 4.17. The number of aldehydes is 1. The Morgan fingerprint density at radius 2 is 2.00 bits per heavy atom. The molecular weight excluding hydrogens is 316 g/mol. The first-order chi connectivity index (χ1) is 11.9. The molecule has 0 saturated heterocycles.